The molecular weight excluding hydrogens is 470 g/mol. The number of nitrogens with zero attached hydrogens (tertiary/aromatic N) is 3. The summed E-state index contributed by atoms with van der Waals surface area (Å²) in [6.45, 7) is 0.302. The smallest absolute Gasteiger partial charge is 0.262 e. The number of methoxy groups -OCH3 is 2. The highest BCUT2D eigenvalue weighted by atomic mass is 35.5. The number of rotatable bonds is 9. The van der Waals surface area contributed by atoms with Gasteiger partial charge in [0.15, 0.2) is 0 Å². The number of carbonyl (C=O) groups excluding carboxylic acids is 2. The van der Waals surface area contributed by atoms with E-state index in [0.717, 1.165) is 17.0 Å². The van der Waals surface area contributed by atoms with E-state index >= 15 is 0 Å². The fourth-order valence-corrected chi connectivity index (χ4v) is 4.11. The molecule has 0 saturated heterocycles. The SMILES string of the molecule is COCCN(CC(=O)N1N=C(c2ccc(OC)cc2)C[C@@H]1c1ccco1)C(=O)c1ccccc1Cl. The molecule has 2 aromatic carbocycles. The first-order chi connectivity index (χ1) is 17.0. The lowest BCUT2D eigenvalue weighted by molar-refractivity contribution is -0.134. The summed E-state index contributed by atoms with van der Waals surface area (Å²) < 4.78 is 16.0. The van der Waals surface area contributed by atoms with Gasteiger partial charge in [-0.05, 0) is 54.1 Å². The minimum atomic E-state index is -0.422. The van der Waals surface area contributed by atoms with Gasteiger partial charge >= 0.3 is 0 Å². The molecule has 4 rings (SSSR count). The Balaban J connectivity index is 1.60. The summed E-state index contributed by atoms with van der Waals surface area (Å²) in [4.78, 5) is 28.2. The maximum absolute atomic E-state index is 13.5. The van der Waals surface area contributed by atoms with Crippen molar-refractivity contribution >= 4 is 29.1 Å². The predicted octanol–water partition coefficient (Wildman–Crippen LogP) is 4.41. The lowest BCUT2D eigenvalue weighted by Gasteiger charge is -2.26. The van der Waals surface area contributed by atoms with Gasteiger partial charge in [0.1, 0.15) is 24.1 Å². The molecular formula is C26H26ClN3O5. The van der Waals surface area contributed by atoms with Crippen LogP contribution in [0.15, 0.2) is 76.4 Å². The predicted molar refractivity (Wildman–Crippen MR) is 132 cm³/mol. The Hall–Kier alpha value is -3.62. The van der Waals surface area contributed by atoms with Crippen LogP contribution in [0.2, 0.25) is 5.02 Å². The van der Waals surface area contributed by atoms with Crippen LogP contribution >= 0.6 is 11.6 Å². The molecule has 9 heteroatoms. The molecule has 0 bridgehead atoms. The van der Waals surface area contributed by atoms with Crippen molar-refractivity contribution in [2.75, 3.05) is 33.9 Å². The van der Waals surface area contributed by atoms with E-state index in [1.54, 1.807) is 50.8 Å². The van der Waals surface area contributed by atoms with Crippen LogP contribution in [0.5, 0.6) is 5.75 Å². The van der Waals surface area contributed by atoms with Crippen LogP contribution in [0.3, 0.4) is 0 Å². The summed E-state index contributed by atoms with van der Waals surface area (Å²) in [5.41, 5.74) is 1.94. The molecule has 8 nitrogen and oxygen atoms in total. The fraction of sp³-hybridized carbons (Fsp3) is 0.269. The number of furan rings is 1. The number of hydrogen-bond donors (Lipinski definition) is 0. The number of hydrazone groups is 1. The summed E-state index contributed by atoms with van der Waals surface area (Å²) in [5.74, 6) is 0.654. The van der Waals surface area contributed by atoms with Crippen LogP contribution < -0.4 is 4.74 Å². The van der Waals surface area contributed by atoms with Crippen LogP contribution in [0.1, 0.15) is 34.1 Å². The third-order valence-electron chi connectivity index (χ3n) is 5.74. The molecule has 3 aromatic rings. The van der Waals surface area contributed by atoms with Crippen molar-refractivity contribution in [2.24, 2.45) is 5.10 Å². The Morgan fingerprint density at radius 3 is 2.54 bits per heavy atom. The minimum Gasteiger partial charge on any atom is -0.497 e. The molecule has 0 fully saturated rings. The number of hydrogen-bond acceptors (Lipinski definition) is 6. The summed E-state index contributed by atoms with van der Waals surface area (Å²) in [7, 11) is 3.15. The van der Waals surface area contributed by atoms with Crippen LogP contribution in [0.4, 0.5) is 0 Å². The van der Waals surface area contributed by atoms with Gasteiger partial charge < -0.3 is 18.8 Å². The van der Waals surface area contributed by atoms with Crippen molar-refractivity contribution in [3.63, 3.8) is 0 Å². The van der Waals surface area contributed by atoms with Crippen LogP contribution in [-0.2, 0) is 9.53 Å². The second-order valence-corrected chi connectivity index (χ2v) is 8.36. The second kappa shape index (κ2) is 11.2. The minimum absolute atomic E-state index is 0.190. The van der Waals surface area contributed by atoms with Gasteiger partial charge in [-0.2, -0.15) is 5.10 Å². The van der Waals surface area contributed by atoms with Crippen molar-refractivity contribution in [1.82, 2.24) is 9.91 Å². The topological polar surface area (TPSA) is 84.6 Å². The maximum Gasteiger partial charge on any atom is 0.262 e. The molecule has 182 valence electrons. The highest BCUT2D eigenvalue weighted by molar-refractivity contribution is 6.33. The average Bonchev–Trinajstić information content (AvgIpc) is 3.57. The summed E-state index contributed by atoms with van der Waals surface area (Å²) >= 11 is 6.24. The summed E-state index contributed by atoms with van der Waals surface area (Å²) in [6, 6.07) is 17.4. The molecule has 1 aromatic heterocycles. The molecule has 35 heavy (non-hydrogen) atoms. The first-order valence-corrected chi connectivity index (χ1v) is 11.5. The Labute approximate surface area is 208 Å². The van der Waals surface area contributed by atoms with Crippen molar-refractivity contribution in [1.29, 1.82) is 0 Å². The van der Waals surface area contributed by atoms with Gasteiger partial charge in [-0.3, -0.25) is 9.59 Å². The zero-order valence-corrected chi connectivity index (χ0v) is 20.3. The van der Waals surface area contributed by atoms with Crippen molar-refractivity contribution in [3.05, 3.63) is 88.8 Å². The third-order valence-corrected chi connectivity index (χ3v) is 6.07. The second-order valence-electron chi connectivity index (χ2n) is 7.95. The summed E-state index contributed by atoms with van der Waals surface area (Å²) in [5, 5.41) is 6.36. The highest BCUT2D eigenvalue weighted by Crippen LogP contribution is 2.33. The standard InChI is InChI=1S/C26H26ClN3O5/c1-33-15-13-29(26(32)20-6-3-4-7-21(20)27)17-25(31)30-23(24-8-5-14-35-24)16-22(28-30)18-9-11-19(34-2)12-10-18/h3-12,14,23H,13,15-17H2,1-2H3/t23-/m1/s1. The lowest BCUT2D eigenvalue weighted by Crippen LogP contribution is -2.42. The fourth-order valence-electron chi connectivity index (χ4n) is 3.90. The Bertz CT molecular complexity index is 1190. The Morgan fingerprint density at radius 2 is 1.89 bits per heavy atom. The van der Waals surface area contributed by atoms with E-state index in [1.807, 2.05) is 30.3 Å². The largest absolute Gasteiger partial charge is 0.497 e. The molecule has 2 amide bonds. The molecule has 0 saturated carbocycles. The summed E-state index contributed by atoms with van der Waals surface area (Å²) in [6.07, 6.45) is 2.04. The molecule has 0 radical (unpaired) electrons. The molecule has 1 atom stereocenters. The van der Waals surface area contributed by atoms with Gasteiger partial charge in [-0.25, -0.2) is 5.01 Å². The van der Waals surface area contributed by atoms with Crippen LogP contribution in [0.25, 0.3) is 0 Å². The number of benzene rings is 2. The molecule has 0 N–H and O–H groups in total. The molecule has 1 aliphatic heterocycles. The zero-order valence-electron chi connectivity index (χ0n) is 19.5. The van der Waals surface area contributed by atoms with Crippen molar-refractivity contribution in [2.45, 2.75) is 12.5 Å². The number of amides is 2. The molecule has 0 unspecified atom stereocenters. The molecule has 0 spiro atoms. The van der Waals surface area contributed by atoms with E-state index in [-0.39, 0.29) is 31.5 Å². The molecule has 0 aliphatic carbocycles. The van der Waals surface area contributed by atoms with E-state index in [4.69, 9.17) is 25.5 Å². The van der Waals surface area contributed by atoms with Gasteiger partial charge in [0.2, 0.25) is 0 Å². The maximum atomic E-state index is 13.5. The van der Waals surface area contributed by atoms with Crippen molar-refractivity contribution in [3.8, 4) is 5.75 Å². The van der Waals surface area contributed by atoms with Gasteiger partial charge in [0.25, 0.3) is 11.8 Å². The normalized spacial score (nSPS) is 15.1. The third kappa shape index (κ3) is 5.55. The van der Waals surface area contributed by atoms with Crippen LogP contribution in [0, 0.1) is 0 Å². The van der Waals surface area contributed by atoms with Crippen LogP contribution in [-0.4, -0.2) is 61.4 Å². The molecule has 1 aliphatic rings. The van der Waals surface area contributed by atoms with E-state index in [9.17, 15) is 9.59 Å². The molecule has 2 heterocycles. The number of carbonyl (C=O) groups is 2. The van der Waals surface area contributed by atoms with Crippen molar-refractivity contribution < 1.29 is 23.5 Å². The van der Waals surface area contributed by atoms with E-state index < -0.39 is 6.04 Å². The van der Waals surface area contributed by atoms with Gasteiger partial charge in [0.05, 0.1) is 36.3 Å². The van der Waals surface area contributed by atoms with Gasteiger partial charge in [0, 0.05) is 20.1 Å². The number of ether oxygens (including phenoxy) is 2. The average molecular weight is 496 g/mol. The van der Waals surface area contributed by atoms with Gasteiger partial charge in [-0.15, -0.1) is 0 Å². The monoisotopic (exact) mass is 495 g/mol. The van der Waals surface area contributed by atoms with E-state index in [0.29, 0.717) is 22.8 Å². The van der Waals surface area contributed by atoms with Gasteiger partial charge in [-0.1, -0.05) is 23.7 Å². The Morgan fingerprint density at radius 1 is 1.11 bits per heavy atom. The van der Waals surface area contributed by atoms with E-state index in [2.05, 4.69) is 5.10 Å². The quantitative estimate of drug-likeness (QED) is 0.439. The highest BCUT2D eigenvalue weighted by Gasteiger charge is 2.36. The first kappa shape index (κ1) is 24.5. The Kier molecular flexibility index (Phi) is 7.84. The zero-order chi connectivity index (χ0) is 24.8. The first-order valence-electron chi connectivity index (χ1n) is 11.1. The lowest BCUT2D eigenvalue weighted by atomic mass is 10.0. The van der Waals surface area contributed by atoms with E-state index in [1.165, 1.54) is 9.91 Å². The number of halogens is 1.